The highest BCUT2D eigenvalue weighted by Crippen LogP contribution is 2.36. The smallest absolute Gasteiger partial charge is 0.462 e. The van der Waals surface area contributed by atoms with Gasteiger partial charge in [-0.1, -0.05) is 125 Å². The number of epoxide rings is 1. The van der Waals surface area contributed by atoms with Crippen LogP contribution < -0.4 is 0 Å². The molecule has 1 aliphatic rings. The summed E-state index contributed by atoms with van der Waals surface area (Å²) in [6.07, 6.45) is 47.6. The van der Waals surface area contributed by atoms with Crippen LogP contribution in [-0.4, -0.2) is 53.3 Å². The van der Waals surface area contributed by atoms with Gasteiger partial charge in [-0.3, -0.25) is 14.1 Å². The zero-order valence-electron chi connectivity index (χ0n) is 32.6. The normalized spacial score (nSPS) is 17.2. The Morgan fingerprint density at radius 3 is 1.70 bits per heavy atom. The Morgan fingerprint density at radius 1 is 0.604 bits per heavy atom. The molecule has 0 saturated carbocycles. The van der Waals surface area contributed by atoms with Crippen molar-refractivity contribution < 1.29 is 42.7 Å². The van der Waals surface area contributed by atoms with E-state index in [2.05, 4.69) is 97.4 Å². The number of unbranched alkanes of at least 4 members (excludes halogenated alkanes) is 8. The Morgan fingerprint density at radius 2 is 1.09 bits per heavy atom. The molecule has 0 aliphatic carbocycles. The van der Waals surface area contributed by atoms with Gasteiger partial charge in [0, 0.05) is 12.8 Å². The molecule has 1 saturated heterocycles. The minimum absolute atomic E-state index is 0.164. The molecule has 1 aliphatic heterocycles. The van der Waals surface area contributed by atoms with Crippen LogP contribution in [0.4, 0.5) is 0 Å². The molecule has 0 aromatic carbocycles. The lowest BCUT2D eigenvalue weighted by atomic mass is 10.1. The summed E-state index contributed by atoms with van der Waals surface area (Å²) in [4.78, 5) is 42.8. The monoisotopic (exact) mass is 760 g/mol. The van der Waals surface area contributed by atoms with Crippen molar-refractivity contribution in [3.05, 3.63) is 85.1 Å². The van der Waals surface area contributed by atoms with Gasteiger partial charge in [0.1, 0.15) is 6.61 Å². The van der Waals surface area contributed by atoms with Crippen LogP contribution in [0, 0.1) is 0 Å². The number of carbonyl (C=O) groups is 2. The highest BCUT2D eigenvalue weighted by Gasteiger charge is 2.36. The molecule has 1 fully saturated rings. The van der Waals surface area contributed by atoms with E-state index in [9.17, 15) is 14.2 Å². The lowest BCUT2D eigenvalue weighted by Crippen LogP contribution is -2.29. The van der Waals surface area contributed by atoms with Gasteiger partial charge in [-0.2, -0.15) is 0 Å². The first-order chi connectivity index (χ1) is 25.7. The van der Waals surface area contributed by atoms with Gasteiger partial charge in [-0.25, -0.2) is 4.57 Å². The van der Waals surface area contributed by atoms with E-state index in [0.717, 1.165) is 77.0 Å². The number of phosphoric ester groups is 1. The third-order valence-corrected chi connectivity index (χ3v) is 8.79. The number of rotatable bonds is 34. The Balaban J connectivity index is 2.15. The third-order valence-electron chi connectivity index (χ3n) is 8.30. The minimum atomic E-state index is -4.78. The second-order valence-corrected chi connectivity index (χ2v) is 14.5. The van der Waals surface area contributed by atoms with Gasteiger partial charge < -0.3 is 24.0 Å². The maximum atomic E-state index is 12.4. The van der Waals surface area contributed by atoms with E-state index >= 15 is 0 Å². The fourth-order valence-corrected chi connectivity index (χ4v) is 5.58. The van der Waals surface area contributed by atoms with Crippen LogP contribution in [0.25, 0.3) is 0 Å². The lowest BCUT2D eigenvalue weighted by Gasteiger charge is -2.18. The zero-order valence-corrected chi connectivity index (χ0v) is 33.5. The minimum Gasteiger partial charge on any atom is -0.462 e. The van der Waals surface area contributed by atoms with Crippen molar-refractivity contribution in [3.63, 3.8) is 0 Å². The quantitative estimate of drug-likeness (QED) is 0.0216. The first kappa shape index (κ1) is 48.2. The predicted octanol–water partition coefficient (Wildman–Crippen LogP) is 11.1. The summed E-state index contributed by atoms with van der Waals surface area (Å²) >= 11 is 0. The fraction of sp³-hybridized carbons (Fsp3) is 0.628. The number of allylic oxidation sites excluding steroid dienone is 12. The number of hydrogen-bond acceptors (Lipinski definition) is 7. The average molecular weight is 761 g/mol. The molecular formula is C43H69O9P. The van der Waals surface area contributed by atoms with Crippen LogP contribution in [0.1, 0.15) is 142 Å². The molecule has 1 heterocycles. The summed E-state index contributed by atoms with van der Waals surface area (Å²) in [7, 11) is -4.78. The van der Waals surface area contributed by atoms with Crippen LogP contribution in [-0.2, 0) is 32.9 Å². The first-order valence-corrected chi connectivity index (χ1v) is 21.5. The standard InChI is InChI=1S/C43H69O9P/c1-3-5-7-9-11-12-13-14-15-16-17-18-19-20-23-28-32-36-43(45)51-39(38-50-53(46,47)48)37-49-42(44)35-31-27-24-21-22-26-30-34-41-40(52-41)33-29-25-10-8-6-4-2/h5,7,11-12,14-15,17-18,21,24-26,29-30,39-41H,3-4,6,8-10,13,16,19-20,22-23,27-28,31-38H2,1-2H3,(H2,46,47,48)/b7-5-,12-11-,15-14-,18-17-,24-21-,29-25-,30-26-/t39-,40?,41?/m1/s1. The first-order valence-electron chi connectivity index (χ1n) is 20.0. The Kier molecular flexibility index (Phi) is 30.7. The van der Waals surface area contributed by atoms with Crippen LogP contribution in [0.15, 0.2) is 85.1 Å². The molecule has 0 spiro atoms. The number of hydrogen-bond donors (Lipinski definition) is 2. The maximum Gasteiger partial charge on any atom is 0.469 e. The molecule has 10 heteroatoms. The van der Waals surface area contributed by atoms with Crippen molar-refractivity contribution in [1.29, 1.82) is 0 Å². The summed E-state index contributed by atoms with van der Waals surface area (Å²) in [6, 6.07) is 0. The molecule has 0 radical (unpaired) electrons. The average Bonchev–Trinajstić information content (AvgIpc) is 3.88. The molecule has 2 N–H and O–H groups in total. The van der Waals surface area contributed by atoms with E-state index in [1.807, 2.05) is 6.08 Å². The molecule has 300 valence electrons. The molecule has 2 unspecified atom stereocenters. The number of phosphoric acid groups is 1. The molecule has 0 aromatic heterocycles. The molecule has 3 atom stereocenters. The Labute approximate surface area is 320 Å². The number of carbonyl (C=O) groups excluding carboxylic acids is 2. The summed E-state index contributed by atoms with van der Waals surface area (Å²) in [5.74, 6) is -0.994. The van der Waals surface area contributed by atoms with Crippen molar-refractivity contribution in [2.45, 2.75) is 161 Å². The molecule has 9 nitrogen and oxygen atoms in total. The van der Waals surface area contributed by atoms with Gasteiger partial charge in [0.2, 0.25) is 0 Å². The van der Waals surface area contributed by atoms with Crippen molar-refractivity contribution >= 4 is 19.8 Å². The summed E-state index contributed by atoms with van der Waals surface area (Å²) in [6.45, 7) is 3.45. The van der Waals surface area contributed by atoms with Crippen molar-refractivity contribution in [2.75, 3.05) is 13.2 Å². The summed E-state index contributed by atoms with van der Waals surface area (Å²) in [5, 5.41) is 0. The summed E-state index contributed by atoms with van der Waals surface area (Å²) < 4.78 is 32.0. The number of ether oxygens (including phenoxy) is 3. The van der Waals surface area contributed by atoms with Crippen LogP contribution in [0.2, 0.25) is 0 Å². The van der Waals surface area contributed by atoms with E-state index in [4.69, 9.17) is 24.0 Å². The fourth-order valence-electron chi connectivity index (χ4n) is 5.22. The highest BCUT2D eigenvalue weighted by molar-refractivity contribution is 7.46. The van der Waals surface area contributed by atoms with Gasteiger partial charge in [-0.15, -0.1) is 0 Å². The van der Waals surface area contributed by atoms with E-state index < -0.39 is 32.5 Å². The largest absolute Gasteiger partial charge is 0.469 e. The van der Waals surface area contributed by atoms with Crippen LogP contribution >= 0.6 is 7.82 Å². The van der Waals surface area contributed by atoms with Gasteiger partial charge in [0.15, 0.2) is 6.10 Å². The topological polar surface area (TPSA) is 132 Å². The molecule has 53 heavy (non-hydrogen) atoms. The SMILES string of the molecule is CC/C=C\C/C=C\C/C=C\C/C=C\CCCCCCC(=O)O[C@H](COC(=O)CCC/C=C\C/C=C\CC1OC1C/C=C\CCCCC)COP(=O)(O)O. The predicted molar refractivity (Wildman–Crippen MR) is 215 cm³/mol. The highest BCUT2D eigenvalue weighted by atomic mass is 31.2. The molecule has 0 amide bonds. The van der Waals surface area contributed by atoms with Crippen LogP contribution in [0.3, 0.4) is 0 Å². The van der Waals surface area contributed by atoms with Gasteiger partial charge >= 0.3 is 19.8 Å². The van der Waals surface area contributed by atoms with Crippen molar-refractivity contribution in [1.82, 2.24) is 0 Å². The number of esters is 2. The molecular weight excluding hydrogens is 691 g/mol. The maximum absolute atomic E-state index is 12.4. The Hall–Kier alpha value is -2.81. The molecule has 1 rings (SSSR count). The molecule has 0 aromatic rings. The van der Waals surface area contributed by atoms with E-state index in [1.54, 1.807) is 0 Å². The lowest BCUT2D eigenvalue weighted by molar-refractivity contribution is -0.161. The van der Waals surface area contributed by atoms with E-state index in [0.29, 0.717) is 31.5 Å². The molecule has 0 bridgehead atoms. The van der Waals surface area contributed by atoms with E-state index in [-0.39, 0.29) is 19.4 Å². The third kappa shape index (κ3) is 33.5. The summed E-state index contributed by atoms with van der Waals surface area (Å²) in [5.41, 5.74) is 0. The van der Waals surface area contributed by atoms with Gasteiger partial charge in [-0.05, 0) is 89.9 Å². The second-order valence-electron chi connectivity index (χ2n) is 13.3. The van der Waals surface area contributed by atoms with Gasteiger partial charge in [0.05, 0.1) is 18.8 Å². The van der Waals surface area contributed by atoms with E-state index in [1.165, 1.54) is 19.3 Å². The second kappa shape index (κ2) is 33.7. The van der Waals surface area contributed by atoms with Crippen molar-refractivity contribution in [2.24, 2.45) is 0 Å². The van der Waals surface area contributed by atoms with Gasteiger partial charge in [0.25, 0.3) is 0 Å². The zero-order chi connectivity index (χ0) is 38.7. The Bertz CT molecular complexity index is 1190. The van der Waals surface area contributed by atoms with Crippen LogP contribution in [0.5, 0.6) is 0 Å². The van der Waals surface area contributed by atoms with Crippen molar-refractivity contribution in [3.8, 4) is 0 Å².